The molecule has 0 unspecified atom stereocenters. The lowest BCUT2D eigenvalue weighted by Crippen LogP contribution is -2.71. The third-order valence-electron chi connectivity index (χ3n) is 8.74. The van der Waals surface area contributed by atoms with Crippen LogP contribution in [0.1, 0.15) is 57.9 Å². The molecule has 0 aromatic heterocycles. The highest BCUT2D eigenvalue weighted by molar-refractivity contribution is 5.92. The van der Waals surface area contributed by atoms with Crippen LogP contribution in [-0.2, 0) is 25.5 Å². The molecule has 0 radical (unpaired) electrons. The molecule has 3 amide bonds. The maximum absolute atomic E-state index is 13.8. The van der Waals surface area contributed by atoms with Gasteiger partial charge in [0.25, 0.3) is 0 Å². The van der Waals surface area contributed by atoms with E-state index >= 15 is 0 Å². The zero-order chi connectivity index (χ0) is 32.3. The van der Waals surface area contributed by atoms with Crippen LogP contribution in [0.2, 0.25) is 0 Å². The summed E-state index contributed by atoms with van der Waals surface area (Å²) in [4.78, 5) is 41.7. The minimum Gasteiger partial charge on any atom is -0.497 e. The first kappa shape index (κ1) is 35.7. The second-order valence-electron chi connectivity index (χ2n) is 12.4. The number of aliphatic hydroxyl groups excluding tert-OH is 1. The summed E-state index contributed by atoms with van der Waals surface area (Å²) >= 11 is 0. The lowest BCUT2D eigenvalue weighted by molar-refractivity contribution is -0.235. The van der Waals surface area contributed by atoms with Crippen LogP contribution in [0.15, 0.2) is 24.3 Å². The summed E-state index contributed by atoms with van der Waals surface area (Å²) in [6.07, 6.45) is 5.16. The van der Waals surface area contributed by atoms with Crippen molar-refractivity contribution in [2.45, 2.75) is 88.2 Å². The molecule has 44 heavy (non-hydrogen) atoms. The lowest BCUT2D eigenvalue weighted by atomic mass is 9.78. The first-order valence-corrected chi connectivity index (χ1v) is 15.5. The van der Waals surface area contributed by atoms with Gasteiger partial charge in [0.1, 0.15) is 17.8 Å². The van der Waals surface area contributed by atoms with E-state index in [9.17, 15) is 29.7 Å². The van der Waals surface area contributed by atoms with Crippen LogP contribution in [-0.4, -0.2) is 114 Å². The summed E-state index contributed by atoms with van der Waals surface area (Å²) in [5.74, 6) is -3.45. The smallest absolute Gasteiger partial charge is 0.243 e. The molecule has 1 aliphatic carbocycles. The molecule has 3 rings (SSSR count). The van der Waals surface area contributed by atoms with E-state index in [1.165, 1.54) is 13.8 Å². The number of aliphatic hydroxyl groups is 3. The predicted molar refractivity (Wildman–Crippen MR) is 163 cm³/mol. The fourth-order valence-corrected chi connectivity index (χ4v) is 5.69. The maximum atomic E-state index is 13.8. The summed E-state index contributed by atoms with van der Waals surface area (Å²) in [5, 5.41) is 40.5. The van der Waals surface area contributed by atoms with Crippen molar-refractivity contribution in [3.8, 4) is 5.75 Å². The molecule has 1 saturated carbocycles. The number of nitrogens with two attached hydrogens (primary N) is 1. The second-order valence-corrected chi connectivity index (χ2v) is 12.4. The van der Waals surface area contributed by atoms with Crippen LogP contribution >= 0.6 is 0 Å². The Labute approximate surface area is 259 Å². The van der Waals surface area contributed by atoms with Crippen molar-refractivity contribution in [3.05, 3.63) is 29.8 Å². The number of carbonyl (C=O) groups excluding carboxylic acids is 3. The van der Waals surface area contributed by atoms with Gasteiger partial charge in [-0.3, -0.25) is 19.3 Å². The largest absolute Gasteiger partial charge is 0.497 e. The normalized spacial score (nSPS) is 20.1. The summed E-state index contributed by atoms with van der Waals surface area (Å²) in [7, 11) is 1.54. The second kappa shape index (κ2) is 16.5. The van der Waals surface area contributed by atoms with Crippen molar-refractivity contribution in [1.82, 2.24) is 20.9 Å². The number of rotatable bonds is 15. The maximum Gasteiger partial charge on any atom is 0.243 e. The van der Waals surface area contributed by atoms with E-state index < -0.39 is 47.9 Å². The number of hydrogen-bond donors (Lipinski definition) is 7. The Hall–Kier alpha value is -2.81. The molecule has 248 valence electrons. The summed E-state index contributed by atoms with van der Waals surface area (Å²) < 4.78 is 10.5. The van der Waals surface area contributed by atoms with Gasteiger partial charge < -0.3 is 46.5 Å². The van der Waals surface area contributed by atoms with Crippen molar-refractivity contribution < 1.29 is 39.2 Å². The van der Waals surface area contributed by atoms with Gasteiger partial charge in [0.2, 0.25) is 23.5 Å². The Bertz CT molecular complexity index is 1070. The van der Waals surface area contributed by atoms with Crippen molar-refractivity contribution in [1.29, 1.82) is 0 Å². The van der Waals surface area contributed by atoms with E-state index in [0.29, 0.717) is 32.1 Å². The Kier molecular flexibility index (Phi) is 13.4. The molecule has 2 fully saturated rings. The number of ether oxygens (including phenoxy) is 2. The molecule has 4 atom stereocenters. The van der Waals surface area contributed by atoms with Gasteiger partial charge in [-0.15, -0.1) is 0 Å². The van der Waals surface area contributed by atoms with Crippen molar-refractivity contribution in [2.75, 3.05) is 46.6 Å². The SMILES string of the molecule is COc1ccc(C[C@H](NC(=O)[C@@H](C)NC(=O)CN2CCOCC2)C(=O)N[C@@H](CC2CCCCC2)C(O)(O)[C@@](C)(N)CO)cc1. The Morgan fingerprint density at radius 1 is 1.05 bits per heavy atom. The predicted octanol–water partition coefficient (Wildman–Crippen LogP) is -0.595. The first-order valence-electron chi connectivity index (χ1n) is 15.5. The molecule has 13 heteroatoms. The molecule has 13 nitrogen and oxygen atoms in total. The molecule has 0 bridgehead atoms. The molecular weight excluding hydrogens is 570 g/mol. The molecule has 1 aromatic rings. The van der Waals surface area contributed by atoms with Crippen molar-refractivity contribution in [3.63, 3.8) is 0 Å². The highest BCUT2D eigenvalue weighted by Crippen LogP contribution is 2.32. The third-order valence-corrected chi connectivity index (χ3v) is 8.74. The number of benzene rings is 1. The zero-order valence-corrected chi connectivity index (χ0v) is 26.2. The number of amides is 3. The molecule has 1 aromatic carbocycles. The topological polar surface area (TPSA) is 196 Å². The van der Waals surface area contributed by atoms with Gasteiger partial charge in [-0.05, 0) is 43.9 Å². The van der Waals surface area contributed by atoms with Crippen LogP contribution in [0.4, 0.5) is 0 Å². The number of carbonyl (C=O) groups is 3. The third kappa shape index (κ3) is 10.1. The molecular formula is C31H51N5O8. The van der Waals surface area contributed by atoms with Gasteiger partial charge in [-0.25, -0.2) is 0 Å². The van der Waals surface area contributed by atoms with E-state index in [4.69, 9.17) is 15.2 Å². The van der Waals surface area contributed by atoms with E-state index in [2.05, 4.69) is 16.0 Å². The molecule has 0 spiro atoms. The van der Waals surface area contributed by atoms with E-state index in [1.54, 1.807) is 31.4 Å². The molecule has 1 heterocycles. The van der Waals surface area contributed by atoms with Gasteiger partial charge in [0.15, 0.2) is 0 Å². The number of nitrogens with zero attached hydrogens (tertiary/aromatic N) is 1. The van der Waals surface area contributed by atoms with Crippen LogP contribution in [0, 0.1) is 5.92 Å². The average molecular weight is 622 g/mol. The van der Waals surface area contributed by atoms with Crippen LogP contribution in [0.25, 0.3) is 0 Å². The standard InChI is InChI=1S/C31H51N5O8/c1-21(33-27(38)19-36-13-15-44-16-14-36)28(39)34-25(17-23-9-11-24(43-3)12-10-23)29(40)35-26(18-22-7-5-4-6-8-22)31(41,42)30(2,32)20-37/h9-12,21-22,25-26,37,41-42H,4-8,13-20,32H2,1-3H3,(H,33,38)(H,34,39)(H,35,40)/t21-,25+,26+,30+/m1/s1. The quantitative estimate of drug-likeness (QED) is 0.124. The average Bonchev–Trinajstić information content (AvgIpc) is 3.01. The number of morpholine rings is 1. The summed E-state index contributed by atoms with van der Waals surface area (Å²) in [5.41, 5.74) is 4.98. The first-order chi connectivity index (χ1) is 20.9. The number of methoxy groups -OCH3 is 1. The van der Waals surface area contributed by atoms with Gasteiger partial charge in [-0.1, -0.05) is 44.2 Å². The minimum absolute atomic E-state index is 0.0793. The van der Waals surface area contributed by atoms with Crippen LogP contribution in [0.5, 0.6) is 5.75 Å². The molecule has 2 aliphatic rings. The summed E-state index contributed by atoms with van der Waals surface area (Å²) in [6, 6.07) is 3.72. The molecule has 8 N–H and O–H groups in total. The van der Waals surface area contributed by atoms with Crippen molar-refractivity contribution in [2.24, 2.45) is 11.7 Å². The van der Waals surface area contributed by atoms with Gasteiger partial charge >= 0.3 is 0 Å². The van der Waals surface area contributed by atoms with E-state index in [-0.39, 0.29) is 31.2 Å². The van der Waals surface area contributed by atoms with Gasteiger partial charge in [-0.2, -0.15) is 0 Å². The zero-order valence-electron chi connectivity index (χ0n) is 26.2. The summed E-state index contributed by atoms with van der Waals surface area (Å²) in [6.45, 7) is 4.56. The van der Waals surface area contributed by atoms with E-state index in [1.807, 2.05) is 4.90 Å². The lowest BCUT2D eigenvalue weighted by Gasteiger charge is -2.44. The van der Waals surface area contributed by atoms with Gasteiger partial charge in [0, 0.05) is 19.5 Å². The van der Waals surface area contributed by atoms with Crippen molar-refractivity contribution >= 4 is 17.7 Å². The monoisotopic (exact) mass is 621 g/mol. The van der Waals surface area contributed by atoms with Crippen LogP contribution < -0.4 is 26.4 Å². The van der Waals surface area contributed by atoms with Gasteiger partial charge in [0.05, 0.1) is 45.1 Å². The molecule has 1 aliphatic heterocycles. The fourth-order valence-electron chi connectivity index (χ4n) is 5.69. The van der Waals surface area contributed by atoms with E-state index in [0.717, 1.165) is 37.7 Å². The highest BCUT2D eigenvalue weighted by atomic mass is 16.5. The number of hydrogen-bond acceptors (Lipinski definition) is 10. The Balaban J connectivity index is 1.78. The Morgan fingerprint density at radius 2 is 1.68 bits per heavy atom. The molecule has 1 saturated heterocycles. The fraction of sp³-hybridized carbons (Fsp3) is 0.710. The Morgan fingerprint density at radius 3 is 2.27 bits per heavy atom. The highest BCUT2D eigenvalue weighted by Gasteiger charge is 2.50. The van der Waals surface area contributed by atoms with Crippen LogP contribution in [0.3, 0.4) is 0 Å². The minimum atomic E-state index is -2.65. The number of nitrogens with one attached hydrogen (secondary N) is 3.